The molecule has 0 unspecified atom stereocenters. The molecule has 0 aromatic heterocycles. The van der Waals surface area contributed by atoms with E-state index in [9.17, 15) is 23.2 Å². The van der Waals surface area contributed by atoms with Crippen molar-refractivity contribution in [3.63, 3.8) is 0 Å². The summed E-state index contributed by atoms with van der Waals surface area (Å²) in [6, 6.07) is 6.66. The standard InChI is InChI=1S/C24H35N3O7S/c1-17-15-34-16-18(2)27(17)22(28)19-7-11-26(12-8-19)20-3-5-21(6-4-20)35(31,32)24(23(29)25-30)9-13-33-14-10-24/h3-6,17-19,30H,7-16H2,1-2H3,(H,25,29)/t17-,18+. The third-order valence-electron chi connectivity index (χ3n) is 7.61. The number of sulfone groups is 1. The monoisotopic (exact) mass is 509 g/mol. The first kappa shape index (κ1) is 25.9. The molecule has 194 valence electrons. The Labute approximate surface area is 206 Å². The zero-order valence-electron chi connectivity index (χ0n) is 20.3. The van der Waals surface area contributed by atoms with Crippen molar-refractivity contribution in [2.75, 3.05) is 44.4 Å². The van der Waals surface area contributed by atoms with Crippen LogP contribution in [0.25, 0.3) is 0 Å². The summed E-state index contributed by atoms with van der Waals surface area (Å²) in [5.74, 6) is -0.766. The highest BCUT2D eigenvalue weighted by Crippen LogP contribution is 2.36. The van der Waals surface area contributed by atoms with Crippen LogP contribution in [0.15, 0.2) is 29.2 Å². The van der Waals surface area contributed by atoms with Gasteiger partial charge in [-0.2, -0.15) is 0 Å². The average Bonchev–Trinajstić information content (AvgIpc) is 2.88. The Morgan fingerprint density at radius 3 is 2.11 bits per heavy atom. The Morgan fingerprint density at radius 2 is 1.57 bits per heavy atom. The van der Waals surface area contributed by atoms with Crippen LogP contribution < -0.4 is 10.4 Å². The van der Waals surface area contributed by atoms with E-state index in [2.05, 4.69) is 4.90 Å². The van der Waals surface area contributed by atoms with E-state index in [0.29, 0.717) is 26.3 Å². The Bertz CT molecular complexity index is 1010. The van der Waals surface area contributed by atoms with Crippen molar-refractivity contribution >= 4 is 27.3 Å². The van der Waals surface area contributed by atoms with Gasteiger partial charge in [0.15, 0.2) is 14.6 Å². The number of carbonyl (C=O) groups excluding carboxylic acids is 2. The maximum absolute atomic E-state index is 13.4. The lowest BCUT2D eigenvalue weighted by atomic mass is 9.93. The number of nitrogens with zero attached hydrogens (tertiary/aromatic N) is 2. The minimum atomic E-state index is -4.06. The van der Waals surface area contributed by atoms with Gasteiger partial charge < -0.3 is 19.3 Å². The molecule has 0 aliphatic carbocycles. The predicted octanol–water partition coefficient (Wildman–Crippen LogP) is 1.37. The Hall–Kier alpha value is -2.21. The molecular weight excluding hydrogens is 474 g/mol. The van der Waals surface area contributed by atoms with E-state index in [-0.39, 0.29) is 54.9 Å². The molecule has 3 heterocycles. The molecule has 4 rings (SSSR count). The molecule has 3 fully saturated rings. The Balaban J connectivity index is 1.43. The van der Waals surface area contributed by atoms with Crippen molar-refractivity contribution < 1.29 is 32.7 Å². The van der Waals surface area contributed by atoms with Gasteiger partial charge in [0.05, 0.1) is 30.2 Å². The zero-order chi connectivity index (χ0) is 25.2. The van der Waals surface area contributed by atoms with E-state index in [0.717, 1.165) is 18.5 Å². The number of amides is 2. The van der Waals surface area contributed by atoms with Crippen molar-refractivity contribution in [1.29, 1.82) is 0 Å². The molecule has 1 aromatic carbocycles. The molecule has 11 heteroatoms. The van der Waals surface area contributed by atoms with E-state index in [1.807, 2.05) is 18.7 Å². The van der Waals surface area contributed by atoms with Crippen molar-refractivity contribution in [2.45, 2.75) is 61.3 Å². The first-order valence-corrected chi connectivity index (χ1v) is 13.7. The van der Waals surface area contributed by atoms with E-state index in [1.165, 1.54) is 17.6 Å². The summed E-state index contributed by atoms with van der Waals surface area (Å²) < 4.78 is 35.9. The number of anilines is 1. The largest absolute Gasteiger partial charge is 0.381 e. The summed E-state index contributed by atoms with van der Waals surface area (Å²) in [6.45, 7) is 6.82. The maximum Gasteiger partial charge on any atom is 0.265 e. The lowest BCUT2D eigenvalue weighted by molar-refractivity contribution is -0.149. The van der Waals surface area contributed by atoms with Crippen LogP contribution in [0.4, 0.5) is 5.69 Å². The number of rotatable bonds is 5. The van der Waals surface area contributed by atoms with Gasteiger partial charge in [-0.25, -0.2) is 13.9 Å². The summed E-state index contributed by atoms with van der Waals surface area (Å²) in [6.07, 6.45) is 1.42. The van der Waals surface area contributed by atoms with E-state index in [4.69, 9.17) is 9.47 Å². The van der Waals surface area contributed by atoms with Crippen LogP contribution in [-0.4, -0.2) is 86.7 Å². The van der Waals surface area contributed by atoms with Gasteiger partial charge in [-0.05, 0) is 63.8 Å². The molecule has 0 radical (unpaired) electrons. The minimum Gasteiger partial charge on any atom is -0.381 e. The molecule has 0 spiro atoms. The topological polar surface area (TPSA) is 125 Å². The third kappa shape index (κ3) is 4.78. The van der Waals surface area contributed by atoms with Gasteiger partial charge in [0.1, 0.15) is 0 Å². The number of hydrogen-bond donors (Lipinski definition) is 2. The van der Waals surface area contributed by atoms with E-state index in [1.54, 1.807) is 12.1 Å². The summed E-state index contributed by atoms with van der Waals surface area (Å²) >= 11 is 0. The normalized spacial score (nSPS) is 25.8. The molecule has 0 bridgehead atoms. The smallest absolute Gasteiger partial charge is 0.265 e. The molecule has 3 aliphatic rings. The number of hydrogen-bond acceptors (Lipinski definition) is 8. The molecule has 1 aromatic rings. The van der Waals surface area contributed by atoms with Crippen LogP contribution in [0.5, 0.6) is 0 Å². The van der Waals surface area contributed by atoms with Crippen LogP contribution in [-0.2, 0) is 28.9 Å². The molecule has 2 atom stereocenters. The highest BCUT2D eigenvalue weighted by Gasteiger charge is 2.52. The first-order valence-electron chi connectivity index (χ1n) is 12.2. The summed E-state index contributed by atoms with van der Waals surface area (Å²) in [5.41, 5.74) is 2.41. The molecule has 2 N–H and O–H groups in total. The lowest BCUT2D eigenvalue weighted by Crippen LogP contribution is -2.55. The second-order valence-corrected chi connectivity index (χ2v) is 12.0. The molecule has 10 nitrogen and oxygen atoms in total. The van der Waals surface area contributed by atoms with Crippen LogP contribution in [0.3, 0.4) is 0 Å². The highest BCUT2D eigenvalue weighted by molar-refractivity contribution is 7.93. The van der Waals surface area contributed by atoms with Crippen molar-refractivity contribution in [2.24, 2.45) is 5.92 Å². The molecule has 0 saturated carbocycles. The van der Waals surface area contributed by atoms with Gasteiger partial charge in [-0.15, -0.1) is 0 Å². The molecule has 35 heavy (non-hydrogen) atoms. The maximum atomic E-state index is 13.4. The lowest BCUT2D eigenvalue weighted by Gasteiger charge is -2.42. The van der Waals surface area contributed by atoms with Crippen LogP contribution in [0.2, 0.25) is 0 Å². The van der Waals surface area contributed by atoms with Gasteiger partial charge in [0.25, 0.3) is 5.91 Å². The van der Waals surface area contributed by atoms with Crippen LogP contribution >= 0.6 is 0 Å². The van der Waals surface area contributed by atoms with Crippen LogP contribution in [0, 0.1) is 5.92 Å². The number of piperidine rings is 1. The Kier molecular flexibility index (Phi) is 7.70. The fourth-order valence-corrected chi connectivity index (χ4v) is 7.46. The van der Waals surface area contributed by atoms with E-state index >= 15 is 0 Å². The van der Waals surface area contributed by atoms with E-state index < -0.39 is 20.5 Å². The summed E-state index contributed by atoms with van der Waals surface area (Å²) in [5, 5.41) is 9.20. The fourth-order valence-electron chi connectivity index (χ4n) is 5.52. The number of nitrogens with one attached hydrogen (secondary N) is 1. The molecule has 2 amide bonds. The summed E-state index contributed by atoms with van der Waals surface area (Å²) in [7, 11) is -4.06. The molecule has 3 saturated heterocycles. The van der Waals surface area contributed by atoms with Gasteiger partial charge in [0.2, 0.25) is 5.91 Å². The molecule has 3 aliphatic heterocycles. The number of benzene rings is 1. The van der Waals surface area contributed by atoms with Crippen LogP contribution in [0.1, 0.15) is 39.5 Å². The van der Waals surface area contributed by atoms with Gasteiger partial charge in [0, 0.05) is 37.9 Å². The zero-order valence-corrected chi connectivity index (χ0v) is 21.1. The highest BCUT2D eigenvalue weighted by atomic mass is 32.2. The van der Waals surface area contributed by atoms with Crippen molar-refractivity contribution in [3.05, 3.63) is 24.3 Å². The average molecular weight is 510 g/mol. The summed E-state index contributed by atoms with van der Waals surface area (Å²) in [4.78, 5) is 29.7. The minimum absolute atomic E-state index is 0.0224. The number of ether oxygens (including phenoxy) is 2. The molecular formula is C24H35N3O7S. The van der Waals surface area contributed by atoms with Crippen molar-refractivity contribution in [1.82, 2.24) is 10.4 Å². The quantitative estimate of drug-likeness (QED) is 0.450. The Morgan fingerprint density at radius 1 is 1.00 bits per heavy atom. The van der Waals surface area contributed by atoms with Gasteiger partial charge in [-0.1, -0.05) is 0 Å². The third-order valence-corrected chi connectivity index (χ3v) is 10.1. The number of morpholine rings is 1. The first-order chi connectivity index (χ1) is 16.7. The van der Waals surface area contributed by atoms with Gasteiger partial charge >= 0.3 is 0 Å². The van der Waals surface area contributed by atoms with Crippen molar-refractivity contribution in [3.8, 4) is 0 Å². The predicted molar refractivity (Wildman–Crippen MR) is 128 cm³/mol. The van der Waals surface area contributed by atoms with Gasteiger partial charge in [-0.3, -0.25) is 14.8 Å². The second kappa shape index (κ2) is 10.4. The number of hydroxylamine groups is 1. The number of carbonyl (C=O) groups is 2. The second-order valence-electron chi connectivity index (χ2n) is 9.79. The SMILES string of the molecule is C[C@@H]1COC[C@H](C)N1C(=O)C1CCN(c2ccc(S(=O)(=O)C3(C(=O)NO)CCOCC3)cc2)CC1. The fraction of sp³-hybridized carbons (Fsp3) is 0.667.